The van der Waals surface area contributed by atoms with E-state index < -0.39 is 10.0 Å². The molecule has 0 aromatic heterocycles. The van der Waals surface area contributed by atoms with Gasteiger partial charge in [-0.1, -0.05) is 56.3 Å². The summed E-state index contributed by atoms with van der Waals surface area (Å²) in [5.74, 6) is -0.475. The van der Waals surface area contributed by atoms with E-state index in [0.29, 0.717) is 41.7 Å². The number of nitrogens with one attached hydrogen (secondary N) is 2. The predicted octanol–water partition coefficient (Wildman–Crippen LogP) is 4.79. The van der Waals surface area contributed by atoms with Crippen LogP contribution in [0.2, 0.25) is 0 Å². The van der Waals surface area contributed by atoms with Gasteiger partial charge in [0.1, 0.15) is 0 Å². The van der Waals surface area contributed by atoms with Gasteiger partial charge in [-0.2, -0.15) is 0 Å². The van der Waals surface area contributed by atoms with Crippen molar-refractivity contribution in [1.82, 2.24) is 9.62 Å². The normalized spacial score (nSPS) is 20.0. The van der Waals surface area contributed by atoms with Gasteiger partial charge in [-0.05, 0) is 49.4 Å². The van der Waals surface area contributed by atoms with Crippen molar-refractivity contribution in [2.24, 2.45) is 11.8 Å². The average molecular weight is 524 g/mol. The summed E-state index contributed by atoms with van der Waals surface area (Å²) in [6.45, 7) is 8.59. The van der Waals surface area contributed by atoms with E-state index in [1.165, 1.54) is 6.07 Å². The van der Waals surface area contributed by atoms with Crippen molar-refractivity contribution in [2.45, 2.75) is 38.6 Å². The van der Waals surface area contributed by atoms with Crippen LogP contribution in [-0.4, -0.2) is 51.1 Å². The van der Waals surface area contributed by atoms with Crippen molar-refractivity contribution in [2.75, 3.05) is 25.0 Å². The number of anilines is 1. The number of aryl methyl sites for hydroxylation is 1. The Labute approximate surface area is 218 Å². The Balaban J connectivity index is 1.60. The van der Waals surface area contributed by atoms with E-state index >= 15 is 0 Å². The maximum Gasteiger partial charge on any atom is 0.409 e. The summed E-state index contributed by atoms with van der Waals surface area (Å²) in [7, 11) is -3.90. The third kappa shape index (κ3) is 5.62. The Morgan fingerprint density at radius 1 is 0.946 bits per heavy atom. The highest BCUT2D eigenvalue weighted by molar-refractivity contribution is 7.89. The molecular weight excluding hydrogens is 490 g/mol. The number of nitrogens with zero attached hydrogens (tertiary/aromatic N) is 1. The van der Waals surface area contributed by atoms with Crippen molar-refractivity contribution >= 4 is 38.5 Å². The molecule has 9 heteroatoms. The molecule has 0 bridgehead atoms. The summed E-state index contributed by atoms with van der Waals surface area (Å²) in [6, 6.07) is 17.2. The lowest BCUT2D eigenvalue weighted by Crippen LogP contribution is -2.56. The molecule has 2 amide bonds. The molecule has 8 nitrogen and oxygen atoms in total. The van der Waals surface area contributed by atoms with Crippen molar-refractivity contribution < 1.29 is 22.7 Å². The SMILES string of the molecule is CCOC(=O)N1CC(C)C(NS(=O)(=O)c2ccc(NC(=O)c3ccccc3C)c3ccccc23)C(C)C1. The van der Waals surface area contributed by atoms with Crippen LogP contribution in [0.3, 0.4) is 0 Å². The Morgan fingerprint density at radius 3 is 2.22 bits per heavy atom. The molecule has 1 heterocycles. The molecule has 3 aromatic carbocycles. The maximum absolute atomic E-state index is 13.6. The van der Waals surface area contributed by atoms with Gasteiger partial charge in [-0.3, -0.25) is 4.79 Å². The zero-order valence-electron chi connectivity index (χ0n) is 21.5. The van der Waals surface area contributed by atoms with Crippen LogP contribution in [0.1, 0.15) is 36.7 Å². The average Bonchev–Trinajstić information content (AvgIpc) is 2.86. The van der Waals surface area contributed by atoms with Crippen LogP contribution in [-0.2, 0) is 14.8 Å². The highest BCUT2D eigenvalue weighted by Gasteiger charge is 2.37. The van der Waals surface area contributed by atoms with E-state index in [0.717, 1.165) is 5.56 Å². The molecule has 196 valence electrons. The standard InChI is InChI=1S/C28H33N3O5S/c1-5-36-28(33)31-16-19(3)26(20(4)17-31)30-37(34,35)25-15-14-24(22-12-8-9-13-23(22)25)29-27(32)21-11-7-6-10-18(21)2/h6-15,19-20,26,30H,5,16-17H2,1-4H3,(H,29,32). The highest BCUT2D eigenvalue weighted by Crippen LogP contribution is 2.31. The van der Waals surface area contributed by atoms with Crippen molar-refractivity contribution in [1.29, 1.82) is 0 Å². The number of carbonyl (C=O) groups excluding carboxylic acids is 2. The van der Waals surface area contributed by atoms with Gasteiger partial charge in [0.05, 0.1) is 11.5 Å². The molecule has 0 saturated carbocycles. The molecule has 0 spiro atoms. The van der Waals surface area contributed by atoms with Gasteiger partial charge >= 0.3 is 6.09 Å². The molecular formula is C28H33N3O5S. The molecule has 1 aliphatic heterocycles. The summed E-state index contributed by atoms with van der Waals surface area (Å²) in [5, 5.41) is 4.08. The van der Waals surface area contributed by atoms with Crippen LogP contribution in [0.4, 0.5) is 10.5 Å². The van der Waals surface area contributed by atoms with Gasteiger partial charge in [0.15, 0.2) is 0 Å². The number of likely N-dealkylation sites (tertiary alicyclic amines) is 1. The molecule has 3 aromatic rings. The number of fused-ring (bicyclic) bond motifs is 1. The minimum absolute atomic E-state index is 0.109. The van der Waals surface area contributed by atoms with E-state index in [2.05, 4.69) is 10.0 Å². The van der Waals surface area contributed by atoms with Gasteiger partial charge in [-0.25, -0.2) is 17.9 Å². The quantitative estimate of drug-likeness (QED) is 0.483. The van der Waals surface area contributed by atoms with Crippen molar-refractivity contribution in [3.05, 3.63) is 71.8 Å². The monoisotopic (exact) mass is 523 g/mol. The molecule has 37 heavy (non-hydrogen) atoms. The van der Waals surface area contributed by atoms with Crippen LogP contribution in [0, 0.1) is 18.8 Å². The number of rotatable bonds is 6. The minimum atomic E-state index is -3.90. The Morgan fingerprint density at radius 2 is 1.57 bits per heavy atom. The second-order valence-corrected chi connectivity index (χ2v) is 11.3. The zero-order chi connectivity index (χ0) is 26.7. The Bertz CT molecular complexity index is 1410. The minimum Gasteiger partial charge on any atom is -0.450 e. The largest absolute Gasteiger partial charge is 0.450 e. The third-order valence-corrected chi connectivity index (χ3v) is 8.39. The van der Waals surface area contributed by atoms with Crippen LogP contribution < -0.4 is 10.0 Å². The molecule has 1 aliphatic rings. The molecule has 2 unspecified atom stereocenters. The number of piperidine rings is 1. The highest BCUT2D eigenvalue weighted by atomic mass is 32.2. The lowest BCUT2D eigenvalue weighted by Gasteiger charge is -2.40. The lowest BCUT2D eigenvalue weighted by molar-refractivity contribution is 0.0680. The van der Waals surface area contributed by atoms with E-state index in [1.54, 1.807) is 48.2 Å². The second kappa shape index (κ2) is 10.9. The number of hydrogen-bond donors (Lipinski definition) is 2. The fourth-order valence-corrected chi connectivity index (χ4v) is 6.69. The van der Waals surface area contributed by atoms with Crippen LogP contribution in [0.25, 0.3) is 10.8 Å². The van der Waals surface area contributed by atoms with E-state index in [1.807, 2.05) is 39.0 Å². The van der Waals surface area contributed by atoms with Crippen molar-refractivity contribution in [3.63, 3.8) is 0 Å². The lowest BCUT2D eigenvalue weighted by atomic mass is 9.87. The van der Waals surface area contributed by atoms with E-state index in [4.69, 9.17) is 4.74 Å². The molecule has 0 radical (unpaired) electrons. The third-order valence-electron chi connectivity index (χ3n) is 6.87. The predicted molar refractivity (Wildman–Crippen MR) is 144 cm³/mol. The molecule has 4 rings (SSSR count). The van der Waals surface area contributed by atoms with E-state index in [-0.39, 0.29) is 34.8 Å². The van der Waals surface area contributed by atoms with Gasteiger partial charge in [0.25, 0.3) is 5.91 Å². The first kappa shape index (κ1) is 26.6. The smallest absolute Gasteiger partial charge is 0.409 e. The van der Waals surface area contributed by atoms with Crippen LogP contribution in [0.15, 0.2) is 65.6 Å². The van der Waals surface area contributed by atoms with Gasteiger partial charge in [0, 0.05) is 41.2 Å². The van der Waals surface area contributed by atoms with Crippen LogP contribution in [0.5, 0.6) is 0 Å². The first-order chi connectivity index (χ1) is 17.6. The van der Waals surface area contributed by atoms with Gasteiger partial charge in [0.2, 0.25) is 10.0 Å². The number of benzene rings is 3. The number of ether oxygens (including phenoxy) is 1. The maximum atomic E-state index is 13.6. The molecule has 0 aliphatic carbocycles. The molecule has 2 atom stereocenters. The topological polar surface area (TPSA) is 105 Å². The van der Waals surface area contributed by atoms with Crippen LogP contribution >= 0.6 is 0 Å². The van der Waals surface area contributed by atoms with E-state index in [9.17, 15) is 18.0 Å². The summed E-state index contributed by atoms with van der Waals surface area (Å²) in [5.41, 5.74) is 1.94. The zero-order valence-corrected chi connectivity index (χ0v) is 22.3. The number of carbonyl (C=O) groups is 2. The Hall–Kier alpha value is -3.43. The first-order valence-corrected chi connectivity index (χ1v) is 13.9. The van der Waals surface area contributed by atoms with Gasteiger partial charge < -0.3 is 15.0 Å². The summed E-state index contributed by atoms with van der Waals surface area (Å²) >= 11 is 0. The number of amides is 2. The molecule has 1 saturated heterocycles. The van der Waals surface area contributed by atoms with Crippen molar-refractivity contribution in [3.8, 4) is 0 Å². The summed E-state index contributed by atoms with van der Waals surface area (Å²) < 4.78 is 35.3. The molecule has 1 fully saturated rings. The molecule has 2 N–H and O–H groups in total. The summed E-state index contributed by atoms with van der Waals surface area (Å²) in [4.78, 5) is 26.9. The fourth-order valence-electron chi connectivity index (χ4n) is 5.03. The fraction of sp³-hybridized carbons (Fsp3) is 0.357. The summed E-state index contributed by atoms with van der Waals surface area (Å²) in [6.07, 6.45) is -0.378. The first-order valence-electron chi connectivity index (χ1n) is 12.4. The number of sulfonamides is 1. The second-order valence-electron chi connectivity index (χ2n) is 9.63. The number of hydrogen-bond acceptors (Lipinski definition) is 5. The Kier molecular flexibility index (Phi) is 7.85. The van der Waals surface area contributed by atoms with Gasteiger partial charge in [-0.15, -0.1) is 0 Å².